The van der Waals surface area contributed by atoms with Crippen molar-refractivity contribution in [2.45, 2.75) is 0 Å². The van der Waals surface area contributed by atoms with Crippen LogP contribution in [-0.2, 0) is 0 Å². The Hall–Kier alpha value is -3.95. The molecule has 0 atom stereocenters. The van der Waals surface area contributed by atoms with Gasteiger partial charge in [0.05, 0.1) is 0 Å². The summed E-state index contributed by atoms with van der Waals surface area (Å²) < 4.78 is 11.1. The van der Waals surface area contributed by atoms with E-state index in [0.717, 1.165) is 5.75 Å². The van der Waals surface area contributed by atoms with Gasteiger partial charge in [0, 0.05) is 11.8 Å². The predicted molar refractivity (Wildman–Crippen MR) is 91.4 cm³/mol. The summed E-state index contributed by atoms with van der Waals surface area (Å²) >= 11 is 0. The lowest BCUT2D eigenvalue weighted by Crippen LogP contribution is -2.09. The highest BCUT2D eigenvalue weighted by Crippen LogP contribution is 2.19. The molecule has 1 N–H and O–H groups in total. The van der Waals surface area contributed by atoms with Crippen LogP contribution in [0.5, 0.6) is 11.5 Å². The molecule has 0 fully saturated rings. The molecule has 0 aliphatic rings. The van der Waals surface area contributed by atoms with Gasteiger partial charge in [-0.25, -0.2) is 0 Å². The maximum absolute atomic E-state index is 9.05. The summed E-state index contributed by atoms with van der Waals surface area (Å²) in [4.78, 5) is 0. The van der Waals surface area contributed by atoms with E-state index < -0.39 is 0 Å². The van der Waals surface area contributed by atoms with Crippen LogP contribution in [0, 0.1) is 34.0 Å². The standard InChI is InChI=1S/C19H14N4O2/c20-12-15(13-21)19(14-22)23-16-5-4-8-18(11-16)25-10-9-24-17-6-2-1-3-7-17/h1-8,11,23H,9-10H2. The molecule has 6 nitrogen and oxygen atoms in total. The second-order valence-corrected chi connectivity index (χ2v) is 4.75. The molecule has 0 bridgehead atoms. The van der Waals surface area contributed by atoms with Crippen LogP contribution in [0.2, 0.25) is 0 Å². The lowest BCUT2D eigenvalue weighted by molar-refractivity contribution is 0.217. The lowest BCUT2D eigenvalue weighted by atomic mass is 10.2. The van der Waals surface area contributed by atoms with Gasteiger partial charge in [0.2, 0.25) is 0 Å². The predicted octanol–water partition coefficient (Wildman–Crippen LogP) is 3.38. The molecule has 0 spiro atoms. The van der Waals surface area contributed by atoms with Crippen LogP contribution < -0.4 is 14.8 Å². The number of rotatable bonds is 7. The van der Waals surface area contributed by atoms with E-state index in [2.05, 4.69) is 5.32 Å². The van der Waals surface area contributed by atoms with E-state index in [1.807, 2.05) is 30.3 Å². The summed E-state index contributed by atoms with van der Waals surface area (Å²) in [5.41, 5.74) is 0.167. The monoisotopic (exact) mass is 330 g/mol. The zero-order valence-electron chi connectivity index (χ0n) is 13.3. The van der Waals surface area contributed by atoms with E-state index in [-0.39, 0.29) is 11.3 Å². The summed E-state index contributed by atoms with van der Waals surface area (Å²) in [5, 5.41) is 29.5. The third-order valence-electron chi connectivity index (χ3n) is 3.05. The van der Waals surface area contributed by atoms with Crippen molar-refractivity contribution in [2.24, 2.45) is 0 Å². The molecule has 0 radical (unpaired) electrons. The first-order chi connectivity index (χ1) is 12.3. The van der Waals surface area contributed by atoms with Gasteiger partial charge in [-0.3, -0.25) is 0 Å². The zero-order valence-corrected chi connectivity index (χ0v) is 13.3. The van der Waals surface area contributed by atoms with Crippen LogP contribution in [0.4, 0.5) is 5.69 Å². The number of nitrogens with one attached hydrogen (secondary N) is 1. The maximum Gasteiger partial charge on any atom is 0.163 e. The number of ether oxygens (including phenoxy) is 2. The normalized spacial score (nSPS) is 9.00. The maximum atomic E-state index is 9.05. The number of allylic oxidation sites excluding steroid dienone is 2. The second-order valence-electron chi connectivity index (χ2n) is 4.75. The molecule has 0 saturated heterocycles. The number of nitriles is 3. The summed E-state index contributed by atoms with van der Waals surface area (Å²) in [6.45, 7) is 0.735. The Bertz CT molecular complexity index is 855. The van der Waals surface area contributed by atoms with E-state index in [1.54, 1.807) is 42.5 Å². The largest absolute Gasteiger partial charge is 0.490 e. The quantitative estimate of drug-likeness (QED) is 0.617. The van der Waals surface area contributed by atoms with Crippen molar-refractivity contribution in [1.82, 2.24) is 0 Å². The highest BCUT2D eigenvalue weighted by Gasteiger charge is 2.06. The average molecular weight is 330 g/mol. The topological polar surface area (TPSA) is 102 Å². The fourth-order valence-electron chi connectivity index (χ4n) is 1.93. The van der Waals surface area contributed by atoms with Crippen LogP contribution in [0.3, 0.4) is 0 Å². The Morgan fingerprint density at radius 1 is 0.800 bits per heavy atom. The number of benzene rings is 2. The van der Waals surface area contributed by atoms with Crippen molar-refractivity contribution in [3.63, 3.8) is 0 Å². The lowest BCUT2D eigenvalue weighted by Gasteiger charge is -2.10. The fraction of sp³-hybridized carbons (Fsp3) is 0.105. The van der Waals surface area contributed by atoms with Crippen LogP contribution in [0.25, 0.3) is 0 Å². The van der Waals surface area contributed by atoms with E-state index in [9.17, 15) is 0 Å². The van der Waals surface area contributed by atoms with Gasteiger partial charge in [0.15, 0.2) is 5.57 Å². The second kappa shape index (κ2) is 9.25. The van der Waals surface area contributed by atoms with Crippen molar-refractivity contribution in [3.8, 4) is 29.7 Å². The fourth-order valence-corrected chi connectivity index (χ4v) is 1.93. The minimum absolute atomic E-state index is 0.102. The van der Waals surface area contributed by atoms with Gasteiger partial charge in [-0.05, 0) is 24.3 Å². The van der Waals surface area contributed by atoms with E-state index >= 15 is 0 Å². The number of hydrogen-bond acceptors (Lipinski definition) is 6. The average Bonchev–Trinajstić information content (AvgIpc) is 2.66. The third-order valence-corrected chi connectivity index (χ3v) is 3.05. The molecule has 0 heterocycles. The highest BCUT2D eigenvalue weighted by molar-refractivity contribution is 5.59. The molecule has 0 saturated carbocycles. The van der Waals surface area contributed by atoms with Crippen LogP contribution in [-0.4, -0.2) is 13.2 Å². The minimum Gasteiger partial charge on any atom is -0.490 e. The smallest absolute Gasteiger partial charge is 0.163 e. The Kier molecular flexibility index (Phi) is 6.44. The van der Waals surface area contributed by atoms with Gasteiger partial charge in [-0.15, -0.1) is 0 Å². The third kappa shape index (κ3) is 5.32. The van der Waals surface area contributed by atoms with Crippen molar-refractivity contribution in [1.29, 1.82) is 15.8 Å². The Morgan fingerprint density at radius 3 is 2.08 bits per heavy atom. The zero-order chi connectivity index (χ0) is 17.9. The number of anilines is 1. The van der Waals surface area contributed by atoms with E-state index in [4.69, 9.17) is 25.3 Å². The molecule has 0 aliphatic heterocycles. The molecule has 0 aliphatic carbocycles. The van der Waals surface area contributed by atoms with Crippen LogP contribution >= 0.6 is 0 Å². The Balaban J connectivity index is 1.93. The highest BCUT2D eigenvalue weighted by atomic mass is 16.5. The molecule has 2 aromatic carbocycles. The first kappa shape index (κ1) is 17.4. The Morgan fingerprint density at radius 2 is 1.44 bits per heavy atom. The molecule has 0 aromatic heterocycles. The number of nitrogens with zero attached hydrogens (tertiary/aromatic N) is 3. The van der Waals surface area contributed by atoms with Gasteiger partial charge < -0.3 is 14.8 Å². The summed E-state index contributed by atoms with van der Waals surface area (Å²) in [6, 6.07) is 21.5. The van der Waals surface area contributed by atoms with E-state index in [1.165, 1.54) is 0 Å². The van der Waals surface area contributed by atoms with Crippen molar-refractivity contribution in [2.75, 3.05) is 18.5 Å². The summed E-state index contributed by atoms with van der Waals surface area (Å²) in [7, 11) is 0. The van der Waals surface area contributed by atoms with E-state index in [0.29, 0.717) is 24.7 Å². The SMILES string of the molecule is N#CC(C#N)=C(C#N)Nc1cccc(OCCOc2ccccc2)c1. The van der Waals surface area contributed by atoms with Crippen LogP contribution in [0.1, 0.15) is 0 Å². The first-order valence-corrected chi connectivity index (χ1v) is 7.39. The molecule has 2 rings (SSSR count). The molecule has 122 valence electrons. The van der Waals surface area contributed by atoms with Gasteiger partial charge in [0.25, 0.3) is 0 Å². The van der Waals surface area contributed by atoms with Crippen molar-refractivity contribution < 1.29 is 9.47 Å². The minimum atomic E-state index is -0.273. The van der Waals surface area contributed by atoms with Gasteiger partial charge in [-0.1, -0.05) is 24.3 Å². The molecule has 0 amide bonds. The van der Waals surface area contributed by atoms with Gasteiger partial charge >= 0.3 is 0 Å². The molecular formula is C19H14N4O2. The molecule has 6 heteroatoms. The molecule has 2 aromatic rings. The summed E-state index contributed by atoms with van der Waals surface area (Å²) in [5.74, 6) is 1.35. The van der Waals surface area contributed by atoms with Gasteiger partial charge in [-0.2, -0.15) is 15.8 Å². The van der Waals surface area contributed by atoms with Crippen LogP contribution in [0.15, 0.2) is 65.9 Å². The first-order valence-electron chi connectivity index (χ1n) is 7.39. The number of hydrogen-bond donors (Lipinski definition) is 1. The molecule has 25 heavy (non-hydrogen) atoms. The summed E-state index contributed by atoms with van der Waals surface area (Å²) in [6.07, 6.45) is 0. The molecule has 0 unspecified atom stereocenters. The Labute approximate surface area is 145 Å². The number of para-hydroxylation sites is 1. The van der Waals surface area contributed by atoms with Crippen molar-refractivity contribution >= 4 is 5.69 Å². The van der Waals surface area contributed by atoms with Crippen molar-refractivity contribution in [3.05, 3.63) is 65.9 Å². The van der Waals surface area contributed by atoms with Gasteiger partial charge in [0.1, 0.15) is 48.6 Å². The molecular weight excluding hydrogens is 316 g/mol.